The molecule has 3 aromatic rings. The lowest BCUT2D eigenvalue weighted by Gasteiger charge is -2.26. The van der Waals surface area contributed by atoms with Gasteiger partial charge in [-0.2, -0.15) is 0 Å². The number of aromatic nitrogens is 2. The maximum atomic E-state index is 12.6. The molecule has 1 aliphatic heterocycles. The van der Waals surface area contributed by atoms with Gasteiger partial charge in [0.05, 0.1) is 36.2 Å². The highest BCUT2D eigenvalue weighted by atomic mass is 32.2. The second-order valence-corrected chi connectivity index (χ2v) is 8.05. The number of sulfonamides is 1. The van der Waals surface area contributed by atoms with Crippen LogP contribution in [0.5, 0.6) is 0 Å². The van der Waals surface area contributed by atoms with Gasteiger partial charge in [0.2, 0.25) is 5.95 Å². The first-order chi connectivity index (χ1) is 13.6. The topological polar surface area (TPSA) is 84.4 Å². The molecule has 0 aliphatic carbocycles. The number of anilines is 2. The molecule has 7 nitrogen and oxygen atoms in total. The van der Waals surface area contributed by atoms with Crippen molar-refractivity contribution in [1.29, 1.82) is 0 Å². The van der Waals surface area contributed by atoms with Crippen LogP contribution in [0, 0.1) is 0 Å². The summed E-state index contributed by atoms with van der Waals surface area (Å²) < 4.78 is 33.1. The fraction of sp³-hybridized carbons (Fsp3) is 0.200. The highest BCUT2D eigenvalue weighted by Gasteiger charge is 2.17. The molecule has 1 aliphatic rings. The van der Waals surface area contributed by atoms with E-state index in [2.05, 4.69) is 14.7 Å². The predicted molar refractivity (Wildman–Crippen MR) is 108 cm³/mol. The van der Waals surface area contributed by atoms with Gasteiger partial charge in [0.15, 0.2) is 0 Å². The molecule has 144 valence electrons. The predicted octanol–water partition coefficient (Wildman–Crippen LogP) is 2.78. The fourth-order valence-corrected chi connectivity index (χ4v) is 4.00. The molecule has 0 saturated carbocycles. The van der Waals surface area contributed by atoms with Gasteiger partial charge in [-0.1, -0.05) is 42.5 Å². The number of benzene rings is 2. The summed E-state index contributed by atoms with van der Waals surface area (Å²) in [6.07, 6.45) is 2.96. The summed E-state index contributed by atoms with van der Waals surface area (Å²) in [4.78, 5) is 10.7. The Morgan fingerprint density at radius 3 is 2.11 bits per heavy atom. The minimum atomic E-state index is -3.71. The molecule has 1 aromatic heterocycles. The zero-order chi connectivity index (χ0) is 19.4. The van der Waals surface area contributed by atoms with E-state index in [1.54, 1.807) is 24.3 Å². The summed E-state index contributed by atoms with van der Waals surface area (Å²) >= 11 is 0. The molecule has 0 radical (unpaired) electrons. The van der Waals surface area contributed by atoms with Crippen molar-refractivity contribution in [2.24, 2.45) is 0 Å². The Labute approximate surface area is 164 Å². The van der Waals surface area contributed by atoms with Gasteiger partial charge >= 0.3 is 0 Å². The summed E-state index contributed by atoms with van der Waals surface area (Å²) in [7, 11) is -3.71. The molecule has 1 saturated heterocycles. The highest BCUT2D eigenvalue weighted by Crippen LogP contribution is 2.22. The van der Waals surface area contributed by atoms with Gasteiger partial charge in [-0.05, 0) is 23.3 Å². The van der Waals surface area contributed by atoms with Crippen LogP contribution < -0.4 is 9.62 Å². The van der Waals surface area contributed by atoms with Crippen LogP contribution in [0.1, 0.15) is 0 Å². The van der Waals surface area contributed by atoms with Gasteiger partial charge in [0.1, 0.15) is 0 Å². The van der Waals surface area contributed by atoms with Gasteiger partial charge < -0.3 is 9.64 Å². The first-order valence-corrected chi connectivity index (χ1v) is 10.4. The summed E-state index contributed by atoms with van der Waals surface area (Å²) in [6.45, 7) is 2.71. The maximum absolute atomic E-state index is 12.6. The molecule has 2 aromatic carbocycles. The molecule has 1 fully saturated rings. The molecular weight excluding hydrogens is 376 g/mol. The second-order valence-electron chi connectivity index (χ2n) is 6.37. The Hall–Kier alpha value is -2.97. The Morgan fingerprint density at radius 2 is 1.46 bits per heavy atom. The summed E-state index contributed by atoms with van der Waals surface area (Å²) in [5.41, 5.74) is 2.31. The van der Waals surface area contributed by atoms with Crippen molar-refractivity contribution in [3.05, 3.63) is 67.0 Å². The quantitative estimate of drug-likeness (QED) is 0.714. The van der Waals surface area contributed by atoms with E-state index < -0.39 is 10.0 Å². The van der Waals surface area contributed by atoms with E-state index in [-0.39, 0.29) is 4.90 Å². The van der Waals surface area contributed by atoms with Crippen LogP contribution in [-0.2, 0) is 14.8 Å². The van der Waals surface area contributed by atoms with Crippen LogP contribution in [0.15, 0.2) is 71.9 Å². The summed E-state index contributed by atoms with van der Waals surface area (Å²) in [5, 5.41) is 0. The Bertz CT molecular complexity index is 1020. The molecule has 0 spiro atoms. The van der Waals surface area contributed by atoms with Crippen LogP contribution >= 0.6 is 0 Å². The van der Waals surface area contributed by atoms with Crippen molar-refractivity contribution in [3.63, 3.8) is 0 Å². The highest BCUT2D eigenvalue weighted by molar-refractivity contribution is 7.92. The van der Waals surface area contributed by atoms with Crippen molar-refractivity contribution in [2.45, 2.75) is 4.90 Å². The van der Waals surface area contributed by atoms with Gasteiger partial charge in [0.25, 0.3) is 10.0 Å². The first-order valence-electron chi connectivity index (χ1n) is 8.95. The van der Waals surface area contributed by atoms with Crippen molar-refractivity contribution < 1.29 is 13.2 Å². The first kappa shape index (κ1) is 18.4. The Morgan fingerprint density at radius 1 is 0.857 bits per heavy atom. The number of morpholine rings is 1. The standard InChI is InChI=1S/C20H20N4O3S/c25-28(26,19-8-6-17(7-9-19)16-4-2-1-3-5-16)23-18-14-21-20(22-15-18)24-10-12-27-13-11-24/h1-9,14-15,23H,10-13H2. The van der Waals surface area contributed by atoms with Crippen LogP contribution in [0.3, 0.4) is 0 Å². The number of ether oxygens (including phenoxy) is 1. The number of rotatable bonds is 5. The van der Waals surface area contributed by atoms with E-state index >= 15 is 0 Å². The van der Waals surface area contributed by atoms with Crippen molar-refractivity contribution in [2.75, 3.05) is 35.9 Å². The average Bonchev–Trinajstić information content (AvgIpc) is 2.75. The number of hydrogen-bond acceptors (Lipinski definition) is 6. The molecule has 8 heteroatoms. The van der Waals surface area contributed by atoms with Crippen molar-refractivity contribution >= 4 is 21.7 Å². The SMILES string of the molecule is O=S(=O)(Nc1cnc(N2CCOCC2)nc1)c1ccc(-c2ccccc2)cc1. The smallest absolute Gasteiger partial charge is 0.261 e. The zero-order valence-corrected chi connectivity index (χ0v) is 16.0. The Balaban J connectivity index is 1.48. The number of nitrogens with one attached hydrogen (secondary N) is 1. The third-order valence-corrected chi connectivity index (χ3v) is 5.85. The lowest BCUT2D eigenvalue weighted by atomic mass is 10.1. The summed E-state index contributed by atoms with van der Waals surface area (Å²) in [6, 6.07) is 16.6. The average molecular weight is 396 g/mol. The molecular formula is C20H20N4O3S. The van der Waals surface area contributed by atoms with E-state index in [9.17, 15) is 8.42 Å². The third-order valence-electron chi connectivity index (χ3n) is 4.46. The lowest BCUT2D eigenvalue weighted by molar-refractivity contribution is 0.122. The number of nitrogens with zero attached hydrogens (tertiary/aromatic N) is 3. The van der Waals surface area contributed by atoms with Crippen LogP contribution in [-0.4, -0.2) is 44.7 Å². The van der Waals surface area contributed by atoms with E-state index in [4.69, 9.17) is 4.74 Å². The lowest BCUT2D eigenvalue weighted by Crippen LogP contribution is -2.37. The van der Waals surface area contributed by atoms with Gasteiger partial charge in [-0.25, -0.2) is 18.4 Å². The van der Waals surface area contributed by atoms with Crippen molar-refractivity contribution in [3.8, 4) is 11.1 Å². The molecule has 0 unspecified atom stereocenters. The van der Waals surface area contributed by atoms with Crippen LogP contribution in [0.25, 0.3) is 11.1 Å². The van der Waals surface area contributed by atoms with Crippen LogP contribution in [0.4, 0.5) is 11.6 Å². The van der Waals surface area contributed by atoms with Gasteiger partial charge in [-0.3, -0.25) is 4.72 Å². The van der Waals surface area contributed by atoms with Gasteiger partial charge in [-0.15, -0.1) is 0 Å². The van der Waals surface area contributed by atoms with E-state index in [0.29, 0.717) is 24.8 Å². The van der Waals surface area contributed by atoms with E-state index in [1.807, 2.05) is 35.2 Å². The maximum Gasteiger partial charge on any atom is 0.261 e. The van der Waals surface area contributed by atoms with E-state index in [1.165, 1.54) is 12.4 Å². The monoisotopic (exact) mass is 396 g/mol. The largest absolute Gasteiger partial charge is 0.378 e. The zero-order valence-electron chi connectivity index (χ0n) is 15.2. The van der Waals surface area contributed by atoms with Crippen molar-refractivity contribution in [1.82, 2.24) is 9.97 Å². The molecule has 0 atom stereocenters. The molecule has 2 heterocycles. The van der Waals surface area contributed by atoms with E-state index in [0.717, 1.165) is 24.2 Å². The molecule has 28 heavy (non-hydrogen) atoms. The number of hydrogen-bond donors (Lipinski definition) is 1. The molecule has 0 amide bonds. The van der Waals surface area contributed by atoms with Crippen LogP contribution in [0.2, 0.25) is 0 Å². The minimum Gasteiger partial charge on any atom is -0.378 e. The van der Waals surface area contributed by atoms with Gasteiger partial charge in [0, 0.05) is 13.1 Å². The normalized spacial score (nSPS) is 14.6. The Kier molecular flexibility index (Phi) is 5.23. The minimum absolute atomic E-state index is 0.185. The summed E-state index contributed by atoms with van der Waals surface area (Å²) in [5.74, 6) is 0.568. The molecule has 4 rings (SSSR count). The molecule has 0 bridgehead atoms. The third kappa shape index (κ3) is 4.13. The second kappa shape index (κ2) is 7.95. The molecule has 1 N–H and O–H groups in total. The fourth-order valence-electron chi connectivity index (χ4n) is 2.97.